The molecule has 6 nitrogen and oxygen atoms in total. The van der Waals surface area contributed by atoms with Crippen molar-refractivity contribution in [3.05, 3.63) is 41.2 Å². The van der Waals surface area contributed by atoms with E-state index in [9.17, 15) is 9.90 Å². The lowest BCUT2D eigenvalue weighted by atomic mass is 9.99. The van der Waals surface area contributed by atoms with Crippen LogP contribution in [0.3, 0.4) is 0 Å². The number of aryl methyl sites for hydroxylation is 1. The van der Waals surface area contributed by atoms with Crippen LogP contribution in [0, 0.1) is 0 Å². The number of nitrogens with two attached hydrogens (primary N) is 1. The van der Waals surface area contributed by atoms with Gasteiger partial charge in [0.2, 0.25) is 0 Å². The van der Waals surface area contributed by atoms with Crippen LogP contribution in [0.25, 0.3) is 0 Å². The van der Waals surface area contributed by atoms with Gasteiger partial charge in [0.05, 0.1) is 18.4 Å². The van der Waals surface area contributed by atoms with Crippen LogP contribution in [0.5, 0.6) is 0 Å². The third-order valence-corrected chi connectivity index (χ3v) is 4.02. The zero-order valence-corrected chi connectivity index (χ0v) is 11.9. The van der Waals surface area contributed by atoms with E-state index in [1.807, 2.05) is 18.2 Å². The number of fused-ring (bicyclic) bond motifs is 1. The van der Waals surface area contributed by atoms with Gasteiger partial charge in [-0.3, -0.25) is 4.68 Å². The number of hydrogen-bond acceptors (Lipinski definition) is 4. The van der Waals surface area contributed by atoms with Crippen LogP contribution in [0.4, 0.5) is 11.4 Å². The van der Waals surface area contributed by atoms with Crippen LogP contribution in [0.2, 0.25) is 0 Å². The van der Waals surface area contributed by atoms with Gasteiger partial charge in [0.15, 0.2) is 0 Å². The lowest BCUT2D eigenvalue weighted by Crippen LogP contribution is -2.30. The second kappa shape index (κ2) is 5.12. The molecule has 0 bridgehead atoms. The van der Waals surface area contributed by atoms with Gasteiger partial charge in [-0.15, -0.1) is 0 Å². The smallest absolute Gasteiger partial charge is 0.339 e. The molecule has 2 heterocycles. The van der Waals surface area contributed by atoms with Crippen LogP contribution in [-0.4, -0.2) is 27.4 Å². The first-order valence-electron chi connectivity index (χ1n) is 6.94. The summed E-state index contributed by atoms with van der Waals surface area (Å²) in [4.78, 5) is 13.5. The highest BCUT2D eigenvalue weighted by atomic mass is 16.4. The molecule has 0 spiro atoms. The number of nitrogens with zero attached hydrogens (tertiary/aromatic N) is 3. The van der Waals surface area contributed by atoms with E-state index in [4.69, 9.17) is 5.73 Å². The Labute approximate surface area is 122 Å². The first-order chi connectivity index (χ1) is 10.1. The number of nitrogen functional groups attached to an aromatic ring is 1. The van der Waals surface area contributed by atoms with Gasteiger partial charge in [-0.2, -0.15) is 5.10 Å². The third kappa shape index (κ3) is 2.33. The van der Waals surface area contributed by atoms with Gasteiger partial charge in [-0.05, 0) is 30.5 Å². The molecule has 0 saturated heterocycles. The van der Waals surface area contributed by atoms with Crippen LogP contribution < -0.4 is 10.6 Å². The van der Waals surface area contributed by atoms with Crippen molar-refractivity contribution >= 4 is 17.3 Å². The van der Waals surface area contributed by atoms with Gasteiger partial charge in [-0.1, -0.05) is 6.07 Å². The van der Waals surface area contributed by atoms with Crippen molar-refractivity contribution in [2.45, 2.75) is 19.4 Å². The second-order valence-electron chi connectivity index (χ2n) is 5.30. The summed E-state index contributed by atoms with van der Waals surface area (Å²) in [6.07, 6.45) is 3.39. The van der Waals surface area contributed by atoms with Crippen molar-refractivity contribution < 1.29 is 9.90 Å². The largest absolute Gasteiger partial charge is 0.478 e. The van der Waals surface area contributed by atoms with Crippen molar-refractivity contribution in [3.63, 3.8) is 0 Å². The molecule has 1 aliphatic rings. The summed E-state index contributed by atoms with van der Waals surface area (Å²) in [5.41, 5.74) is 10.1. The maximum absolute atomic E-state index is 11.3. The number of carbonyl (C=O) groups is 1. The molecule has 110 valence electrons. The minimum Gasteiger partial charge on any atom is -0.478 e. The molecule has 0 saturated carbocycles. The molecular formula is C15H18N4O2. The average Bonchev–Trinajstić information content (AvgIpc) is 2.82. The van der Waals surface area contributed by atoms with E-state index in [2.05, 4.69) is 10.00 Å². The number of anilines is 2. The summed E-state index contributed by atoms with van der Waals surface area (Å²) in [5, 5.41) is 13.3. The lowest BCUT2D eigenvalue weighted by molar-refractivity contribution is 0.0695. The zero-order valence-electron chi connectivity index (χ0n) is 11.9. The van der Waals surface area contributed by atoms with Gasteiger partial charge >= 0.3 is 5.97 Å². The minimum absolute atomic E-state index is 0.258. The van der Waals surface area contributed by atoms with E-state index in [0.29, 0.717) is 12.2 Å². The SMILES string of the molecule is Cn1ncc(C(=O)O)c1CN1CCCc2c(N)cccc21. The van der Waals surface area contributed by atoms with Crippen LogP contribution in [-0.2, 0) is 20.0 Å². The van der Waals surface area contributed by atoms with Gasteiger partial charge in [0.25, 0.3) is 0 Å². The second-order valence-corrected chi connectivity index (χ2v) is 5.30. The summed E-state index contributed by atoms with van der Waals surface area (Å²) in [6.45, 7) is 1.41. The number of rotatable bonds is 3. The van der Waals surface area contributed by atoms with Gasteiger partial charge < -0.3 is 15.7 Å². The number of carboxylic acid groups (broad SMARTS) is 1. The van der Waals surface area contributed by atoms with Gasteiger partial charge in [0.1, 0.15) is 5.56 Å². The fraction of sp³-hybridized carbons (Fsp3) is 0.333. The molecule has 0 fully saturated rings. The van der Waals surface area contributed by atoms with Crippen molar-refractivity contribution in [3.8, 4) is 0 Å². The molecular weight excluding hydrogens is 268 g/mol. The fourth-order valence-electron chi connectivity index (χ4n) is 2.90. The van der Waals surface area contributed by atoms with Gasteiger partial charge in [0, 0.05) is 25.0 Å². The van der Waals surface area contributed by atoms with E-state index >= 15 is 0 Å². The molecule has 3 N–H and O–H groups in total. The summed E-state index contributed by atoms with van der Waals surface area (Å²) in [5.74, 6) is -0.942. The molecule has 6 heteroatoms. The fourth-order valence-corrected chi connectivity index (χ4v) is 2.90. The maximum Gasteiger partial charge on any atom is 0.339 e. The Bertz CT molecular complexity index is 693. The monoisotopic (exact) mass is 286 g/mol. The predicted octanol–water partition coefficient (Wildman–Crippen LogP) is 1.65. The van der Waals surface area contributed by atoms with E-state index in [-0.39, 0.29) is 5.56 Å². The van der Waals surface area contributed by atoms with E-state index < -0.39 is 5.97 Å². The molecule has 1 aliphatic heterocycles. The molecule has 1 aromatic carbocycles. The Morgan fingerprint density at radius 1 is 1.48 bits per heavy atom. The first kappa shape index (κ1) is 13.5. The summed E-state index contributed by atoms with van der Waals surface area (Å²) in [7, 11) is 1.77. The molecule has 0 radical (unpaired) electrons. The number of aromatic carboxylic acids is 1. The Morgan fingerprint density at radius 3 is 3.05 bits per heavy atom. The predicted molar refractivity (Wildman–Crippen MR) is 80.4 cm³/mol. The molecule has 0 aliphatic carbocycles. The van der Waals surface area contributed by atoms with Crippen LogP contribution in [0.1, 0.15) is 28.0 Å². The van der Waals surface area contributed by atoms with E-state index in [0.717, 1.165) is 36.3 Å². The maximum atomic E-state index is 11.3. The highest BCUT2D eigenvalue weighted by Crippen LogP contribution is 2.32. The standard InChI is InChI=1S/C15H18N4O2/c1-18-14(11(8-17-18)15(20)21)9-19-7-3-4-10-12(16)5-2-6-13(10)19/h2,5-6,8H,3-4,7,9,16H2,1H3,(H,20,21). The van der Waals surface area contributed by atoms with Crippen LogP contribution >= 0.6 is 0 Å². The molecule has 21 heavy (non-hydrogen) atoms. The molecule has 2 aromatic rings. The van der Waals surface area contributed by atoms with Crippen LogP contribution in [0.15, 0.2) is 24.4 Å². The topological polar surface area (TPSA) is 84.4 Å². The Kier molecular flexibility index (Phi) is 3.29. The third-order valence-electron chi connectivity index (χ3n) is 4.02. The number of aromatic nitrogens is 2. The summed E-state index contributed by atoms with van der Waals surface area (Å²) in [6, 6.07) is 5.89. The Balaban J connectivity index is 1.96. The Hall–Kier alpha value is -2.50. The normalized spacial score (nSPS) is 14.0. The van der Waals surface area contributed by atoms with E-state index in [1.165, 1.54) is 6.20 Å². The minimum atomic E-state index is -0.942. The average molecular weight is 286 g/mol. The highest BCUT2D eigenvalue weighted by molar-refractivity contribution is 5.88. The molecule has 1 aromatic heterocycles. The number of hydrogen-bond donors (Lipinski definition) is 2. The van der Waals surface area contributed by atoms with Gasteiger partial charge in [-0.25, -0.2) is 4.79 Å². The molecule has 0 amide bonds. The summed E-state index contributed by atoms with van der Waals surface area (Å²) < 4.78 is 1.63. The highest BCUT2D eigenvalue weighted by Gasteiger charge is 2.22. The first-order valence-corrected chi connectivity index (χ1v) is 6.94. The molecule has 3 rings (SSSR count). The zero-order chi connectivity index (χ0) is 15.0. The number of carboxylic acids is 1. The quantitative estimate of drug-likeness (QED) is 0.838. The summed E-state index contributed by atoms with van der Waals surface area (Å²) >= 11 is 0. The van der Waals surface area contributed by atoms with Crippen molar-refractivity contribution in [2.75, 3.05) is 17.2 Å². The van der Waals surface area contributed by atoms with Crippen molar-refractivity contribution in [1.29, 1.82) is 0 Å². The Morgan fingerprint density at radius 2 is 2.29 bits per heavy atom. The van der Waals surface area contributed by atoms with Crippen molar-refractivity contribution in [2.24, 2.45) is 7.05 Å². The molecule has 0 atom stereocenters. The van der Waals surface area contributed by atoms with Crippen molar-refractivity contribution in [1.82, 2.24) is 9.78 Å². The molecule has 0 unspecified atom stereocenters. The lowest BCUT2D eigenvalue weighted by Gasteiger charge is -2.32. The number of benzene rings is 1. The van der Waals surface area contributed by atoms with E-state index in [1.54, 1.807) is 11.7 Å².